The fraction of sp³-hybridized carbons (Fsp3) is 0.429. The number of amides is 2. The Hall–Kier alpha value is -2.22. The molecule has 0 bridgehead atoms. The molecule has 3 N–H and O–H groups in total. The van der Waals surface area contributed by atoms with Crippen molar-refractivity contribution in [1.29, 1.82) is 0 Å². The van der Waals surface area contributed by atoms with Crippen LogP contribution in [-0.4, -0.2) is 49.4 Å². The molecule has 1 fully saturated rings. The van der Waals surface area contributed by atoms with Gasteiger partial charge in [0.15, 0.2) is 0 Å². The van der Waals surface area contributed by atoms with E-state index in [4.69, 9.17) is 0 Å². The average Bonchev–Trinajstić information content (AvgIpc) is 3.25. The van der Waals surface area contributed by atoms with Gasteiger partial charge in [0.25, 0.3) is 5.91 Å². The fourth-order valence-electron chi connectivity index (χ4n) is 3.80. The monoisotopic (exact) mass is 398 g/mol. The maximum Gasteiger partial charge on any atom is 0.258 e. The number of fused-ring (bicyclic) bond motifs is 1. The van der Waals surface area contributed by atoms with Crippen LogP contribution in [0.3, 0.4) is 0 Å². The molecule has 0 radical (unpaired) electrons. The van der Waals surface area contributed by atoms with Gasteiger partial charge < -0.3 is 16.0 Å². The molecule has 28 heavy (non-hydrogen) atoms. The minimum Gasteiger partial charge on any atom is -0.322 e. The molecule has 1 aromatic carbocycles. The first-order chi connectivity index (χ1) is 13.6. The Kier molecular flexibility index (Phi) is 5.75. The Morgan fingerprint density at radius 2 is 1.86 bits per heavy atom. The van der Waals surface area contributed by atoms with Crippen LogP contribution in [0, 0.1) is 6.92 Å². The summed E-state index contributed by atoms with van der Waals surface area (Å²) < 4.78 is 0. The van der Waals surface area contributed by atoms with Crippen molar-refractivity contribution in [1.82, 2.24) is 10.2 Å². The van der Waals surface area contributed by atoms with Crippen molar-refractivity contribution in [2.45, 2.75) is 26.2 Å². The molecular weight excluding hydrogens is 372 g/mol. The van der Waals surface area contributed by atoms with E-state index in [2.05, 4.69) is 20.9 Å². The van der Waals surface area contributed by atoms with Crippen LogP contribution < -0.4 is 16.0 Å². The molecule has 2 aromatic rings. The Labute approximate surface area is 169 Å². The molecule has 0 spiro atoms. The maximum absolute atomic E-state index is 13.0. The van der Waals surface area contributed by atoms with Gasteiger partial charge in [-0.25, -0.2) is 0 Å². The zero-order valence-corrected chi connectivity index (χ0v) is 17.0. The van der Waals surface area contributed by atoms with E-state index in [0.717, 1.165) is 62.3 Å². The third-order valence-electron chi connectivity index (χ3n) is 5.29. The Balaban J connectivity index is 1.50. The van der Waals surface area contributed by atoms with Crippen molar-refractivity contribution in [3.63, 3.8) is 0 Å². The van der Waals surface area contributed by atoms with E-state index in [1.165, 1.54) is 4.88 Å². The van der Waals surface area contributed by atoms with Gasteiger partial charge in [0.05, 0.1) is 12.1 Å². The number of hydrogen-bond donors (Lipinski definition) is 3. The quantitative estimate of drug-likeness (QED) is 0.724. The van der Waals surface area contributed by atoms with Gasteiger partial charge in [-0.15, -0.1) is 11.3 Å². The lowest BCUT2D eigenvalue weighted by Crippen LogP contribution is -2.46. The molecule has 2 heterocycles. The van der Waals surface area contributed by atoms with Gasteiger partial charge in [-0.2, -0.15) is 0 Å². The SMILES string of the molecule is Cc1ccc(NC(=O)c2c(NC(=O)CN3CCNCC3)sc3c2CCC3)cc1. The smallest absolute Gasteiger partial charge is 0.258 e. The predicted octanol–water partition coefficient (Wildman–Crippen LogP) is 2.64. The Bertz CT molecular complexity index is 869. The highest BCUT2D eigenvalue weighted by molar-refractivity contribution is 7.17. The molecule has 1 saturated heterocycles. The zero-order valence-electron chi connectivity index (χ0n) is 16.1. The number of carbonyl (C=O) groups excluding carboxylic acids is 2. The predicted molar refractivity (Wildman–Crippen MR) is 113 cm³/mol. The number of hydrogen-bond acceptors (Lipinski definition) is 5. The van der Waals surface area contributed by atoms with Gasteiger partial charge >= 0.3 is 0 Å². The first-order valence-electron chi connectivity index (χ1n) is 9.85. The van der Waals surface area contributed by atoms with E-state index in [-0.39, 0.29) is 11.8 Å². The number of thiophene rings is 1. The molecule has 0 atom stereocenters. The molecule has 6 nitrogen and oxygen atoms in total. The standard InChI is InChI=1S/C21H26N4O2S/c1-14-5-7-15(8-6-14)23-20(27)19-16-3-2-4-17(16)28-21(19)24-18(26)13-25-11-9-22-10-12-25/h5-8,22H,2-4,9-13H2,1H3,(H,23,27)(H,24,26). The highest BCUT2D eigenvalue weighted by Gasteiger charge is 2.28. The molecular formula is C21H26N4O2S. The fourth-order valence-corrected chi connectivity index (χ4v) is 5.10. The van der Waals surface area contributed by atoms with Crippen LogP contribution in [-0.2, 0) is 17.6 Å². The number of nitrogens with one attached hydrogen (secondary N) is 3. The highest BCUT2D eigenvalue weighted by atomic mass is 32.1. The molecule has 2 amide bonds. The van der Waals surface area contributed by atoms with Gasteiger partial charge in [0.1, 0.15) is 5.00 Å². The molecule has 0 saturated carbocycles. The van der Waals surface area contributed by atoms with E-state index in [1.54, 1.807) is 11.3 Å². The summed E-state index contributed by atoms with van der Waals surface area (Å²) in [5, 5.41) is 9.99. The van der Waals surface area contributed by atoms with Crippen molar-refractivity contribution in [3.8, 4) is 0 Å². The normalized spacial score (nSPS) is 16.6. The summed E-state index contributed by atoms with van der Waals surface area (Å²) in [6.07, 6.45) is 2.95. The molecule has 0 unspecified atom stereocenters. The molecule has 1 aliphatic heterocycles. The number of piperazine rings is 1. The lowest BCUT2D eigenvalue weighted by Gasteiger charge is -2.26. The first-order valence-corrected chi connectivity index (χ1v) is 10.7. The minimum atomic E-state index is -0.138. The van der Waals surface area contributed by atoms with E-state index in [9.17, 15) is 9.59 Å². The van der Waals surface area contributed by atoms with Crippen LogP contribution in [0.1, 0.15) is 32.8 Å². The molecule has 148 valence electrons. The summed E-state index contributed by atoms with van der Waals surface area (Å²) in [5.41, 5.74) is 3.67. The van der Waals surface area contributed by atoms with Crippen LogP contribution >= 0.6 is 11.3 Å². The zero-order chi connectivity index (χ0) is 19.5. The van der Waals surface area contributed by atoms with Crippen molar-refractivity contribution >= 4 is 33.8 Å². The number of rotatable bonds is 5. The molecule has 4 rings (SSSR count). The molecule has 2 aliphatic rings. The summed E-state index contributed by atoms with van der Waals surface area (Å²) in [4.78, 5) is 29.0. The van der Waals surface area contributed by atoms with Crippen molar-refractivity contribution in [2.75, 3.05) is 43.4 Å². The topological polar surface area (TPSA) is 73.5 Å². The summed E-state index contributed by atoms with van der Waals surface area (Å²) in [6.45, 7) is 5.94. The summed E-state index contributed by atoms with van der Waals surface area (Å²) in [7, 11) is 0. The molecule has 1 aliphatic carbocycles. The van der Waals surface area contributed by atoms with E-state index < -0.39 is 0 Å². The number of carbonyl (C=O) groups is 2. The minimum absolute atomic E-state index is 0.0498. The van der Waals surface area contributed by atoms with Crippen LogP contribution in [0.15, 0.2) is 24.3 Å². The lowest BCUT2D eigenvalue weighted by molar-refractivity contribution is -0.117. The number of benzene rings is 1. The number of aryl methyl sites for hydroxylation is 2. The molecule has 1 aromatic heterocycles. The van der Waals surface area contributed by atoms with Gasteiger partial charge in [0.2, 0.25) is 5.91 Å². The second-order valence-corrected chi connectivity index (χ2v) is 8.56. The highest BCUT2D eigenvalue weighted by Crippen LogP contribution is 2.39. The molecule has 7 heteroatoms. The lowest BCUT2D eigenvalue weighted by atomic mass is 10.1. The maximum atomic E-state index is 13.0. The van der Waals surface area contributed by atoms with E-state index in [0.29, 0.717) is 17.1 Å². The van der Waals surface area contributed by atoms with Gasteiger partial charge in [-0.3, -0.25) is 14.5 Å². The first kappa shape index (κ1) is 19.1. The van der Waals surface area contributed by atoms with E-state index in [1.807, 2.05) is 31.2 Å². The van der Waals surface area contributed by atoms with Crippen LogP contribution in [0.2, 0.25) is 0 Å². The van der Waals surface area contributed by atoms with Gasteiger partial charge in [0, 0.05) is 36.7 Å². The number of anilines is 2. The van der Waals surface area contributed by atoms with Crippen LogP contribution in [0.25, 0.3) is 0 Å². The van der Waals surface area contributed by atoms with Crippen molar-refractivity contribution in [3.05, 3.63) is 45.8 Å². The average molecular weight is 399 g/mol. The summed E-state index contributed by atoms with van der Waals surface area (Å²) >= 11 is 1.56. The van der Waals surface area contributed by atoms with Crippen molar-refractivity contribution in [2.24, 2.45) is 0 Å². The number of nitrogens with zero attached hydrogens (tertiary/aromatic N) is 1. The van der Waals surface area contributed by atoms with Crippen LogP contribution in [0.4, 0.5) is 10.7 Å². The van der Waals surface area contributed by atoms with Gasteiger partial charge in [-0.05, 0) is 43.9 Å². The third-order valence-corrected chi connectivity index (χ3v) is 6.49. The summed E-state index contributed by atoms with van der Waals surface area (Å²) in [5.74, 6) is -0.188. The largest absolute Gasteiger partial charge is 0.322 e. The second-order valence-electron chi connectivity index (χ2n) is 7.46. The van der Waals surface area contributed by atoms with Crippen LogP contribution in [0.5, 0.6) is 0 Å². The van der Waals surface area contributed by atoms with Gasteiger partial charge in [-0.1, -0.05) is 17.7 Å². The Morgan fingerprint density at radius 3 is 2.61 bits per heavy atom. The van der Waals surface area contributed by atoms with E-state index >= 15 is 0 Å². The van der Waals surface area contributed by atoms with Crippen molar-refractivity contribution < 1.29 is 9.59 Å². The summed E-state index contributed by atoms with van der Waals surface area (Å²) in [6, 6.07) is 7.76. The second kappa shape index (κ2) is 8.43. The Morgan fingerprint density at radius 1 is 1.11 bits per heavy atom. The third kappa shape index (κ3) is 4.27.